The van der Waals surface area contributed by atoms with Crippen molar-refractivity contribution in [3.8, 4) is 17.1 Å². The fraction of sp³-hybridized carbons (Fsp3) is 0.308. The highest BCUT2D eigenvalue weighted by atomic mass is 16.5. The summed E-state index contributed by atoms with van der Waals surface area (Å²) in [4.78, 5) is 4.11. The zero-order valence-electron chi connectivity index (χ0n) is 10.5. The molecular formula is C13H16N2O2. The molecule has 0 aliphatic carbocycles. The number of nitrogens with zero attached hydrogens (tertiary/aromatic N) is 1. The Balaban J connectivity index is 2.53. The summed E-state index contributed by atoms with van der Waals surface area (Å²) in [5.74, 6) is 1.50. The van der Waals surface area contributed by atoms with E-state index in [9.17, 15) is 0 Å². The van der Waals surface area contributed by atoms with Gasteiger partial charge in [0.05, 0.1) is 18.9 Å². The molecule has 0 spiro atoms. The lowest BCUT2D eigenvalue weighted by Gasteiger charge is -2.09. The molecule has 2 rings (SSSR count). The molecule has 0 atom stereocenters. The zero-order valence-corrected chi connectivity index (χ0v) is 10.5. The van der Waals surface area contributed by atoms with Crippen molar-refractivity contribution < 1.29 is 9.15 Å². The molecule has 1 N–H and O–H groups in total. The first-order valence-electron chi connectivity index (χ1n) is 5.45. The molecule has 0 amide bonds. The van der Waals surface area contributed by atoms with Crippen molar-refractivity contribution in [1.29, 1.82) is 0 Å². The molecule has 90 valence electrons. The molecule has 0 fully saturated rings. The van der Waals surface area contributed by atoms with Gasteiger partial charge in [-0.2, -0.15) is 0 Å². The minimum atomic E-state index is 0.500. The van der Waals surface area contributed by atoms with Crippen molar-refractivity contribution >= 4 is 6.01 Å². The second-order valence-electron chi connectivity index (χ2n) is 3.92. The van der Waals surface area contributed by atoms with E-state index < -0.39 is 0 Å². The van der Waals surface area contributed by atoms with E-state index in [0.717, 1.165) is 11.3 Å². The van der Waals surface area contributed by atoms with Crippen LogP contribution in [0.25, 0.3) is 11.3 Å². The Morgan fingerprint density at radius 2 is 1.94 bits per heavy atom. The molecule has 1 aromatic carbocycles. The Morgan fingerprint density at radius 3 is 2.53 bits per heavy atom. The van der Waals surface area contributed by atoms with E-state index in [0.29, 0.717) is 11.8 Å². The fourth-order valence-electron chi connectivity index (χ4n) is 1.67. The van der Waals surface area contributed by atoms with Gasteiger partial charge in [0.1, 0.15) is 5.75 Å². The number of hydrogen-bond donors (Lipinski definition) is 1. The van der Waals surface area contributed by atoms with Crippen molar-refractivity contribution in [2.45, 2.75) is 13.8 Å². The molecule has 0 unspecified atom stereocenters. The van der Waals surface area contributed by atoms with Crippen LogP contribution in [0.2, 0.25) is 0 Å². The molecule has 1 heterocycles. The van der Waals surface area contributed by atoms with Gasteiger partial charge >= 0.3 is 0 Å². The first-order chi connectivity index (χ1) is 8.15. The lowest BCUT2D eigenvalue weighted by molar-refractivity contribution is 0.414. The molecule has 0 saturated carbocycles. The molecule has 2 aromatic rings. The highest BCUT2D eigenvalue weighted by Gasteiger charge is 2.12. The molecule has 0 aliphatic rings. The van der Waals surface area contributed by atoms with E-state index >= 15 is 0 Å². The Hall–Kier alpha value is -1.97. The number of methoxy groups -OCH3 is 1. The Morgan fingerprint density at radius 1 is 1.24 bits per heavy atom. The predicted molar refractivity (Wildman–Crippen MR) is 67.5 cm³/mol. The van der Waals surface area contributed by atoms with Crippen LogP contribution in [-0.2, 0) is 0 Å². The van der Waals surface area contributed by atoms with E-state index in [4.69, 9.17) is 9.15 Å². The van der Waals surface area contributed by atoms with Crippen molar-refractivity contribution in [3.63, 3.8) is 0 Å². The van der Waals surface area contributed by atoms with Gasteiger partial charge in [-0.15, -0.1) is 0 Å². The van der Waals surface area contributed by atoms with Crippen LogP contribution in [0.3, 0.4) is 0 Å². The summed E-state index contributed by atoms with van der Waals surface area (Å²) >= 11 is 0. The third kappa shape index (κ3) is 2.11. The molecule has 0 aliphatic heterocycles. The quantitative estimate of drug-likeness (QED) is 0.883. The van der Waals surface area contributed by atoms with Crippen LogP contribution in [0.5, 0.6) is 5.75 Å². The molecule has 0 saturated heterocycles. The van der Waals surface area contributed by atoms with Crippen LogP contribution in [0.1, 0.15) is 11.1 Å². The summed E-state index contributed by atoms with van der Waals surface area (Å²) in [6.07, 6.45) is 1.69. The first kappa shape index (κ1) is 11.5. The van der Waals surface area contributed by atoms with Crippen LogP contribution in [-0.4, -0.2) is 19.1 Å². The molecule has 0 bridgehead atoms. The van der Waals surface area contributed by atoms with Gasteiger partial charge in [0.15, 0.2) is 5.76 Å². The highest BCUT2D eigenvalue weighted by Crippen LogP contribution is 2.33. The second kappa shape index (κ2) is 4.49. The number of aryl methyl sites for hydroxylation is 2. The fourth-order valence-corrected chi connectivity index (χ4v) is 1.67. The van der Waals surface area contributed by atoms with Gasteiger partial charge in [-0.25, -0.2) is 4.98 Å². The third-order valence-electron chi connectivity index (χ3n) is 2.80. The molecule has 1 aromatic heterocycles. The number of aromatic nitrogens is 1. The summed E-state index contributed by atoms with van der Waals surface area (Å²) < 4.78 is 10.9. The first-order valence-corrected chi connectivity index (χ1v) is 5.45. The van der Waals surface area contributed by atoms with Gasteiger partial charge in [-0.3, -0.25) is 0 Å². The molecule has 17 heavy (non-hydrogen) atoms. The number of anilines is 1. The number of rotatable bonds is 3. The molecule has 4 heteroatoms. The normalized spacial score (nSPS) is 10.4. The van der Waals surface area contributed by atoms with Gasteiger partial charge in [0.2, 0.25) is 0 Å². The Kier molecular flexibility index (Phi) is 3.04. The summed E-state index contributed by atoms with van der Waals surface area (Å²) in [5, 5.41) is 2.86. The van der Waals surface area contributed by atoms with E-state index in [1.165, 1.54) is 11.1 Å². The van der Waals surface area contributed by atoms with E-state index in [2.05, 4.69) is 24.1 Å². The predicted octanol–water partition coefficient (Wildman–Crippen LogP) is 3.01. The van der Waals surface area contributed by atoms with Gasteiger partial charge in [0, 0.05) is 7.05 Å². The number of oxazole rings is 1. The smallest absolute Gasteiger partial charge is 0.294 e. The Bertz CT molecular complexity index is 532. The SMILES string of the molecule is CNc1ncc(-c2cc(C)c(C)cc2OC)o1. The monoisotopic (exact) mass is 232 g/mol. The summed E-state index contributed by atoms with van der Waals surface area (Å²) in [6.45, 7) is 4.12. The number of hydrogen-bond acceptors (Lipinski definition) is 4. The number of ether oxygens (including phenoxy) is 1. The number of benzene rings is 1. The van der Waals surface area contributed by atoms with Crippen LogP contribution in [0, 0.1) is 13.8 Å². The average molecular weight is 232 g/mol. The van der Waals surface area contributed by atoms with Crippen molar-refractivity contribution in [2.24, 2.45) is 0 Å². The van der Waals surface area contributed by atoms with Crippen LogP contribution >= 0.6 is 0 Å². The third-order valence-corrected chi connectivity index (χ3v) is 2.80. The van der Waals surface area contributed by atoms with E-state index in [-0.39, 0.29) is 0 Å². The summed E-state index contributed by atoms with van der Waals surface area (Å²) in [5.41, 5.74) is 3.31. The maximum atomic E-state index is 5.55. The van der Waals surface area contributed by atoms with E-state index in [1.807, 2.05) is 12.1 Å². The van der Waals surface area contributed by atoms with Crippen molar-refractivity contribution in [3.05, 3.63) is 29.5 Å². The number of nitrogens with one attached hydrogen (secondary N) is 1. The Labute approximate surface area is 101 Å². The van der Waals surface area contributed by atoms with Crippen LogP contribution in [0.4, 0.5) is 6.01 Å². The maximum Gasteiger partial charge on any atom is 0.294 e. The topological polar surface area (TPSA) is 47.3 Å². The maximum absolute atomic E-state index is 5.55. The van der Waals surface area contributed by atoms with Crippen molar-refractivity contribution in [2.75, 3.05) is 19.5 Å². The standard InChI is InChI=1S/C13H16N2O2/c1-8-5-10(11(16-4)6-9(8)2)12-7-15-13(14-3)17-12/h5-7H,1-4H3,(H,14,15). The van der Waals surface area contributed by atoms with Gasteiger partial charge < -0.3 is 14.5 Å². The molecule has 0 radical (unpaired) electrons. The average Bonchev–Trinajstić information content (AvgIpc) is 2.80. The largest absolute Gasteiger partial charge is 0.496 e. The lowest BCUT2D eigenvalue weighted by Crippen LogP contribution is -1.91. The van der Waals surface area contributed by atoms with Gasteiger partial charge in [0.25, 0.3) is 6.01 Å². The molecule has 4 nitrogen and oxygen atoms in total. The minimum Gasteiger partial charge on any atom is -0.496 e. The highest BCUT2D eigenvalue weighted by molar-refractivity contribution is 5.68. The lowest BCUT2D eigenvalue weighted by atomic mass is 10.0. The zero-order chi connectivity index (χ0) is 12.4. The summed E-state index contributed by atoms with van der Waals surface area (Å²) in [7, 11) is 3.43. The minimum absolute atomic E-state index is 0.500. The van der Waals surface area contributed by atoms with Crippen LogP contribution < -0.4 is 10.1 Å². The van der Waals surface area contributed by atoms with Gasteiger partial charge in [-0.1, -0.05) is 0 Å². The summed E-state index contributed by atoms with van der Waals surface area (Å²) in [6, 6.07) is 4.56. The van der Waals surface area contributed by atoms with Crippen LogP contribution in [0.15, 0.2) is 22.7 Å². The molecular weight excluding hydrogens is 216 g/mol. The van der Waals surface area contributed by atoms with Crippen molar-refractivity contribution in [1.82, 2.24) is 4.98 Å². The second-order valence-corrected chi connectivity index (χ2v) is 3.92. The van der Waals surface area contributed by atoms with E-state index in [1.54, 1.807) is 20.4 Å². The van der Waals surface area contributed by atoms with Gasteiger partial charge in [-0.05, 0) is 37.1 Å².